The second-order valence-electron chi connectivity index (χ2n) is 6.92. The first kappa shape index (κ1) is 20.8. The predicted molar refractivity (Wildman–Crippen MR) is 102 cm³/mol. The third kappa shape index (κ3) is 4.10. The van der Waals surface area contributed by atoms with E-state index >= 15 is 0 Å². The third-order valence-corrected chi connectivity index (χ3v) is 5.12. The van der Waals surface area contributed by atoms with Crippen molar-refractivity contribution in [3.05, 3.63) is 57.6 Å². The van der Waals surface area contributed by atoms with Gasteiger partial charge in [0, 0.05) is 37.6 Å². The number of H-pyrrole nitrogens is 1. The maximum Gasteiger partial charge on any atom is 0.408 e. The van der Waals surface area contributed by atoms with Crippen LogP contribution in [0.1, 0.15) is 31.1 Å². The molecule has 3 heterocycles. The second kappa shape index (κ2) is 8.21. The lowest BCUT2D eigenvalue weighted by Gasteiger charge is -2.45. The predicted octanol–water partition coefficient (Wildman–Crippen LogP) is 3.09. The molecule has 2 aromatic rings. The Balaban J connectivity index is 1.92. The monoisotopic (exact) mass is 406 g/mol. The average molecular weight is 406 g/mol. The summed E-state index contributed by atoms with van der Waals surface area (Å²) in [5, 5.41) is 5.96. The Morgan fingerprint density at radius 2 is 2.17 bits per heavy atom. The van der Waals surface area contributed by atoms with Crippen molar-refractivity contribution < 1.29 is 13.2 Å². The normalized spacial score (nSPS) is 19.0. The molecular weight excluding hydrogens is 385 g/mol. The van der Waals surface area contributed by atoms with Gasteiger partial charge in [-0.1, -0.05) is 13.0 Å². The zero-order chi connectivity index (χ0) is 21.2. The maximum atomic E-state index is 14.0. The summed E-state index contributed by atoms with van der Waals surface area (Å²) >= 11 is 0. The van der Waals surface area contributed by atoms with Crippen LogP contribution in [0.4, 0.5) is 24.5 Å². The van der Waals surface area contributed by atoms with Gasteiger partial charge in [0.25, 0.3) is 11.2 Å². The number of alkyl halides is 3. The van der Waals surface area contributed by atoms with E-state index in [2.05, 4.69) is 20.0 Å². The van der Waals surface area contributed by atoms with Crippen LogP contribution >= 0.6 is 0 Å². The number of hydrogen-bond donors (Lipinski definition) is 1. The van der Waals surface area contributed by atoms with E-state index in [1.165, 1.54) is 29.4 Å². The number of hydrogen-bond acceptors (Lipinski definition) is 5. The highest BCUT2D eigenvalue weighted by Gasteiger charge is 2.47. The fraction of sp³-hybridized carbons (Fsp3) is 0.474. The number of halogens is 3. The largest absolute Gasteiger partial charge is 0.408 e. The van der Waals surface area contributed by atoms with E-state index < -0.39 is 17.8 Å². The van der Waals surface area contributed by atoms with E-state index in [1.54, 1.807) is 18.7 Å². The molecule has 0 aromatic carbocycles. The number of piperazine rings is 1. The molecule has 1 fully saturated rings. The van der Waals surface area contributed by atoms with E-state index in [-0.39, 0.29) is 36.9 Å². The number of rotatable bonds is 4. The summed E-state index contributed by atoms with van der Waals surface area (Å²) in [5.74, 6) is 0. The quantitative estimate of drug-likeness (QED) is 0.791. The van der Waals surface area contributed by atoms with Crippen LogP contribution in [-0.4, -0.2) is 51.9 Å². The van der Waals surface area contributed by atoms with Gasteiger partial charge in [-0.05, 0) is 25.0 Å². The number of aryl methyl sites for hydroxylation is 1. The van der Waals surface area contributed by atoms with Crippen molar-refractivity contribution in [2.75, 3.05) is 24.5 Å². The molecule has 7 nitrogen and oxygen atoms in total. The fourth-order valence-corrected chi connectivity index (χ4v) is 3.85. The van der Waals surface area contributed by atoms with Crippen LogP contribution in [0.5, 0.6) is 0 Å². The molecule has 0 radical (unpaired) electrons. The van der Waals surface area contributed by atoms with Gasteiger partial charge in [-0.25, -0.2) is 4.85 Å². The third-order valence-electron chi connectivity index (χ3n) is 5.12. The van der Waals surface area contributed by atoms with E-state index in [9.17, 15) is 18.0 Å². The van der Waals surface area contributed by atoms with Crippen molar-refractivity contribution in [1.82, 2.24) is 20.1 Å². The molecular formula is C19H21F3N6O. The Kier molecular flexibility index (Phi) is 5.88. The lowest BCUT2D eigenvalue weighted by molar-refractivity contribution is -0.188. The van der Waals surface area contributed by atoms with Gasteiger partial charge in [0.05, 0.1) is 18.5 Å². The molecule has 1 aliphatic heterocycles. The van der Waals surface area contributed by atoms with E-state index in [1.807, 2.05) is 0 Å². The molecule has 3 rings (SSSR count). The zero-order valence-electron chi connectivity index (χ0n) is 16.1. The van der Waals surface area contributed by atoms with Crippen LogP contribution in [0.3, 0.4) is 0 Å². The highest BCUT2D eigenvalue weighted by molar-refractivity contribution is 5.69. The van der Waals surface area contributed by atoms with E-state index in [4.69, 9.17) is 6.57 Å². The molecule has 1 saturated heterocycles. The van der Waals surface area contributed by atoms with Crippen LogP contribution < -0.4 is 10.5 Å². The highest BCUT2D eigenvalue weighted by atomic mass is 19.4. The molecule has 2 aromatic heterocycles. The van der Waals surface area contributed by atoms with Gasteiger partial charge in [-0.3, -0.25) is 19.8 Å². The van der Waals surface area contributed by atoms with Crippen molar-refractivity contribution in [2.24, 2.45) is 0 Å². The van der Waals surface area contributed by atoms with Crippen LogP contribution in [0.15, 0.2) is 29.3 Å². The summed E-state index contributed by atoms with van der Waals surface area (Å²) in [4.78, 5) is 22.4. The lowest BCUT2D eigenvalue weighted by atomic mass is 9.99. The topological polar surface area (TPSA) is 69.5 Å². The lowest BCUT2D eigenvalue weighted by Crippen LogP contribution is -2.55. The fourth-order valence-electron chi connectivity index (χ4n) is 3.85. The first-order valence-corrected chi connectivity index (χ1v) is 9.24. The molecule has 29 heavy (non-hydrogen) atoms. The highest BCUT2D eigenvalue weighted by Crippen LogP contribution is 2.40. The van der Waals surface area contributed by atoms with Crippen LogP contribution in [0, 0.1) is 6.57 Å². The van der Waals surface area contributed by atoms with Gasteiger partial charge in [0.15, 0.2) is 0 Å². The Bertz CT molecular complexity index is 967. The van der Waals surface area contributed by atoms with Crippen molar-refractivity contribution in [3.63, 3.8) is 0 Å². The standard InChI is InChI=1S/C19H21F3N6O/c1-4-14-13(6-5-7-24-14)17(19(20,21)22)27-8-9-28(12(2)11-27)15-10-25-26-18(29)16(15)23-3/h5-7,10,12,17H,4,8-9,11H2,1-2H3,(H,26,29)/t12-,17-/m1/s1. The Labute approximate surface area is 166 Å². The van der Waals surface area contributed by atoms with Gasteiger partial charge < -0.3 is 4.90 Å². The number of nitrogens with one attached hydrogen (secondary N) is 1. The number of pyridine rings is 1. The second-order valence-corrected chi connectivity index (χ2v) is 6.92. The molecule has 1 aliphatic rings. The SMILES string of the molecule is [C-]#[N+]c1c(N2CCN([C@H](c3cccnc3CC)C(F)(F)F)C[C@H]2C)cn[nH]c1=O. The van der Waals surface area contributed by atoms with Gasteiger partial charge in [-0.15, -0.1) is 0 Å². The van der Waals surface area contributed by atoms with Crippen molar-refractivity contribution >= 4 is 11.4 Å². The van der Waals surface area contributed by atoms with Crippen LogP contribution in [0.2, 0.25) is 0 Å². The molecule has 2 atom stereocenters. The number of anilines is 1. The Morgan fingerprint density at radius 3 is 2.79 bits per heavy atom. The maximum absolute atomic E-state index is 14.0. The van der Waals surface area contributed by atoms with E-state index in [0.717, 1.165) is 0 Å². The number of aromatic amines is 1. The molecule has 1 N–H and O–H groups in total. The van der Waals surface area contributed by atoms with Crippen molar-refractivity contribution in [2.45, 2.75) is 38.5 Å². The Hall–Kier alpha value is -2.93. The molecule has 10 heteroatoms. The molecule has 0 bridgehead atoms. The van der Waals surface area contributed by atoms with Gasteiger partial charge >= 0.3 is 6.18 Å². The smallest absolute Gasteiger partial charge is 0.374 e. The summed E-state index contributed by atoms with van der Waals surface area (Å²) in [6.07, 6.45) is -1.17. The molecule has 0 amide bonds. The van der Waals surface area contributed by atoms with Gasteiger partial charge in [0.2, 0.25) is 0 Å². The minimum Gasteiger partial charge on any atom is -0.374 e. The average Bonchev–Trinajstić information content (AvgIpc) is 2.67. The molecule has 0 spiro atoms. The Morgan fingerprint density at radius 1 is 1.41 bits per heavy atom. The van der Waals surface area contributed by atoms with Crippen LogP contribution in [0.25, 0.3) is 4.85 Å². The number of nitrogens with zero attached hydrogens (tertiary/aromatic N) is 5. The van der Waals surface area contributed by atoms with Crippen LogP contribution in [-0.2, 0) is 6.42 Å². The zero-order valence-corrected chi connectivity index (χ0v) is 16.1. The first-order chi connectivity index (χ1) is 13.8. The summed E-state index contributed by atoms with van der Waals surface area (Å²) in [7, 11) is 0. The van der Waals surface area contributed by atoms with Crippen molar-refractivity contribution in [3.8, 4) is 0 Å². The summed E-state index contributed by atoms with van der Waals surface area (Å²) < 4.78 is 42.1. The molecule has 0 unspecified atom stereocenters. The molecule has 0 saturated carbocycles. The minimum absolute atomic E-state index is 0.104. The summed E-state index contributed by atoms with van der Waals surface area (Å²) in [6, 6.07) is 0.906. The van der Waals surface area contributed by atoms with Gasteiger partial charge in [0.1, 0.15) is 6.04 Å². The first-order valence-electron chi connectivity index (χ1n) is 9.24. The van der Waals surface area contributed by atoms with Crippen molar-refractivity contribution in [1.29, 1.82) is 0 Å². The summed E-state index contributed by atoms with van der Waals surface area (Å²) in [6.45, 7) is 11.3. The van der Waals surface area contributed by atoms with Gasteiger partial charge in [-0.2, -0.15) is 18.3 Å². The van der Waals surface area contributed by atoms with E-state index in [0.29, 0.717) is 17.8 Å². The molecule has 0 aliphatic carbocycles. The molecule has 154 valence electrons. The number of aromatic nitrogens is 3. The minimum atomic E-state index is -4.46. The summed E-state index contributed by atoms with van der Waals surface area (Å²) in [5.41, 5.74) is 0.230.